The molecule has 0 aliphatic carbocycles. The number of benzene rings is 1. The lowest BCUT2D eigenvalue weighted by Gasteiger charge is -2.36. The van der Waals surface area contributed by atoms with Gasteiger partial charge in [-0.1, -0.05) is 15.9 Å². The Kier molecular flexibility index (Phi) is 4.06. The average molecular weight is 328 g/mol. The zero-order valence-corrected chi connectivity index (χ0v) is 11.7. The lowest BCUT2D eigenvalue weighted by Crippen LogP contribution is -2.55. The molecule has 0 spiro atoms. The predicted octanol–water partition coefficient (Wildman–Crippen LogP) is 0.411. The fraction of sp³-hybridized carbons (Fsp3) is 0.333. The summed E-state index contributed by atoms with van der Waals surface area (Å²) in [6.07, 6.45) is 0. The number of rotatable bonds is 3. The van der Waals surface area contributed by atoms with Gasteiger partial charge >= 0.3 is 5.97 Å². The van der Waals surface area contributed by atoms with E-state index >= 15 is 0 Å². The van der Waals surface area contributed by atoms with Crippen molar-refractivity contribution in [3.8, 4) is 0 Å². The normalized spacial score (nSPS) is 19.2. The third kappa shape index (κ3) is 2.87. The van der Waals surface area contributed by atoms with E-state index in [1.807, 2.05) is 0 Å². The molecule has 0 aromatic heterocycles. The summed E-state index contributed by atoms with van der Waals surface area (Å²) in [4.78, 5) is 24.5. The number of anilines is 1. The molecule has 19 heavy (non-hydrogen) atoms. The molecule has 7 heteroatoms. The molecule has 6 nitrogen and oxygen atoms in total. The molecule has 102 valence electrons. The van der Waals surface area contributed by atoms with Gasteiger partial charge in [0.2, 0.25) is 0 Å². The summed E-state index contributed by atoms with van der Waals surface area (Å²) in [5.74, 6) is -1.50. The van der Waals surface area contributed by atoms with Crippen LogP contribution >= 0.6 is 15.9 Å². The van der Waals surface area contributed by atoms with Crippen molar-refractivity contribution in [2.45, 2.75) is 6.04 Å². The van der Waals surface area contributed by atoms with Crippen molar-refractivity contribution in [3.63, 3.8) is 0 Å². The number of primary amides is 1. The fourth-order valence-electron chi connectivity index (χ4n) is 2.17. The van der Waals surface area contributed by atoms with Crippen LogP contribution in [0.2, 0.25) is 0 Å². The van der Waals surface area contributed by atoms with Crippen molar-refractivity contribution in [2.24, 2.45) is 5.73 Å². The van der Waals surface area contributed by atoms with Crippen LogP contribution in [0, 0.1) is 0 Å². The highest BCUT2D eigenvalue weighted by molar-refractivity contribution is 9.10. The Hall–Kier alpha value is -1.60. The number of carbonyl (C=O) groups excluding carboxylic acids is 1. The molecular formula is C12H14BrN3O3. The Bertz CT molecular complexity index is 521. The number of piperazine rings is 1. The molecule has 1 fully saturated rings. The van der Waals surface area contributed by atoms with Crippen LogP contribution in [0.4, 0.5) is 5.69 Å². The van der Waals surface area contributed by atoms with Gasteiger partial charge in [-0.25, -0.2) is 4.79 Å². The van der Waals surface area contributed by atoms with Crippen LogP contribution < -0.4 is 16.0 Å². The summed E-state index contributed by atoms with van der Waals surface area (Å²) in [5.41, 5.74) is 6.24. The minimum absolute atomic E-state index is 0.322. The molecule has 1 aliphatic heterocycles. The number of carboxylic acids is 1. The Balaban J connectivity index is 2.44. The summed E-state index contributed by atoms with van der Waals surface area (Å²) < 4.78 is 0.729. The van der Waals surface area contributed by atoms with Crippen molar-refractivity contribution in [3.05, 3.63) is 28.2 Å². The Morgan fingerprint density at radius 2 is 2.21 bits per heavy atom. The predicted molar refractivity (Wildman–Crippen MR) is 74.3 cm³/mol. The third-order valence-corrected chi connectivity index (χ3v) is 3.56. The van der Waals surface area contributed by atoms with E-state index in [1.165, 1.54) is 0 Å². The molecule has 4 N–H and O–H groups in total. The number of nitrogens with one attached hydrogen (secondary N) is 1. The van der Waals surface area contributed by atoms with Gasteiger partial charge < -0.3 is 21.1 Å². The van der Waals surface area contributed by atoms with E-state index in [0.29, 0.717) is 30.9 Å². The molecule has 1 aromatic rings. The maximum absolute atomic E-state index is 11.5. The second-order valence-electron chi connectivity index (χ2n) is 4.28. The molecule has 1 aromatic carbocycles. The van der Waals surface area contributed by atoms with Crippen LogP contribution in [-0.2, 0) is 4.79 Å². The number of hydrogen-bond donors (Lipinski definition) is 3. The van der Waals surface area contributed by atoms with Crippen molar-refractivity contribution >= 4 is 33.5 Å². The summed E-state index contributed by atoms with van der Waals surface area (Å²) in [6, 6.07) is 4.39. The van der Waals surface area contributed by atoms with Crippen molar-refractivity contribution in [2.75, 3.05) is 24.5 Å². The quantitative estimate of drug-likeness (QED) is 0.747. The lowest BCUT2D eigenvalue weighted by molar-refractivity contribution is -0.138. The van der Waals surface area contributed by atoms with Crippen LogP contribution in [0.3, 0.4) is 0 Å². The van der Waals surface area contributed by atoms with E-state index in [4.69, 9.17) is 5.73 Å². The van der Waals surface area contributed by atoms with Crippen LogP contribution in [0.5, 0.6) is 0 Å². The SMILES string of the molecule is NC(=O)c1cc(Br)ccc1N1CCNCC1C(=O)O. The summed E-state index contributed by atoms with van der Waals surface area (Å²) in [7, 11) is 0. The van der Waals surface area contributed by atoms with Gasteiger partial charge in [0.05, 0.1) is 11.3 Å². The Morgan fingerprint density at radius 3 is 2.84 bits per heavy atom. The first-order valence-corrected chi connectivity index (χ1v) is 6.59. The maximum Gasteiger partial charge on any atom is 0.327 e. The molecule has 1 heterocycles. The third-order valence-electron chi connectivity index (χ3n) is 3.06. The number of nitrogens with zero attached hydrogens (tertiary/aromatic N) is 1. The van der Waals surface area contributed by atoms with E-state index in [1.54, 1.807) is 23.1 Å². The first kappa shape index (κ1) is 13.8. The first-order valence-electron chi connectivity index (χ1n) is 5.80. The van der Waals surface area contributed by atoms with Crippen LogP contribution in [0.25, 0.3) is 0 Å². The number of aliphatic carboxylic acids is 1. The number of amides is 1. The van der Waals surface area contributed by atoms with E-state index < -0.39 is 17.9 Å². The number of hydrogen-bond acceptors (Lipinski definition) is 4. The molecular weight excluding hydrogens is 314 g/mol. The number of nitrogens with two attached hydrogens (primary N) is 1. The zero-order valence-electron chi connectivity index (χ0n) is 10.1. The monoisotopic (exact) mass is 327 g/mol. The summed E-state index contributed by atoms with van der Waals surface area (Å²) in [5, 5.41) is 12.3. The molecule has 1 amide bonds. The molecule has 2 rings (SSSR count). The molecule has 0 radical (unpaired) electrons. The van der Waals surface area contributed by atoms with E-state index in [2.05, 4.69) is 21.2 Å². The van der Waals surface area contributed by atoms with Gasteiger partial charge in [-0.15, -0.1) is 0 Å². The highest BCUT2D eigenvalue weighted by Gasteiger charge is 2.30. The molecule has 0 bridgehead atoms. The smallest absolute Gasteiger partial charge is 0.327 e. The molecule has 1 unspecified atom stereocenters. The van der Waals surface area contributed by atoms with Gasteiger partial charge in [0.1, 0.15) is 6.04 Å². The highest BCUT2D eigenvalue weighted by atomic mass is 79.9. The van der Waals surface area contributed by atoms with Gasteiger partial charge in [0.25, 0.3) is 5.91 Å². The van der Waals surface area contributed by atoms with E-state index in [-0.39, 0.29) is 0 Å². The number of carbonyl (C=O) groups is 2. The summed E-state index contributed by atoms with van der Waals surface area (Å²) in [6.45, 7) is 1.51. The molecule has 1 saturated heterocycles. The van der Waals surface area contributed by atoms with Crippen LogP contribution in [0.15, 0.2) is 22.7 Å². The van der Waals surface area contributed by atoms with E-state index in [9.17, 15) is 14.7 Å². The van der Waals surface area contributed by atoms with Crippen molar-refractivity contribution in [1.29, 1.82) is 0 Å². The zero-order chi connectivity index (χ0) is 14.0. The topological polar surface area (TPSA) is 95.7 Å². The minimum Gasteiger partial charge on any atom is -0.480 e. The van der Waals surface area contributed by atoms with Crippen LogP contribution in [-0.4, -0.2) is 42.7 Å². The van der Waals surface area contributed by atoms with Crippen molar-refractivity contribution in [1.82, 2.24) is 5.32 Å². The minimum atomic E-state index is -0.925. The molecule has 0 saturated carbocycles. The molecule has 1 aliphatic rings. The van der Waals surface area contributed by atoms with Gasteiger partial charge in [-0.05, 0) is 18.2 Å². The highest BCUT2D eigenvalue weighted by Crippen LogP contribution is 2.26. The first-order chi connectivity index (χ1) is 9.00. The van der Waals surface area contributed by atoms with Gasteiger partial charge in [0.15, 0.2) is 0 Å². The number of halogens is 1. The van der Waals surface area contributed by atoms with E-state index in [0.717, 1.165) is 4.47 Å². The Labute approximate surface area is 118 Å². The standard InChI is InChI=1S/C12H14BrN3O3/c13-7-1-2-9(8(5-7)11(14)17)16-4-3-15-6-10(16)12(18)19/h1-2,5,10,15H,3-4,6H2,(H2,14,17)(H,18,19). The second kappa shape index (κ2) is 5.58. The average Bonchev–Trinajstić information content (AvgIpc) is 2.38. The summed E-state index contributed by atoms with van der Waals surface area (Å²) >= 11 is 3.28. The Morgan fingerprint density at radius 1 is 1.47 bits per heavy atom. The van der Waals surface area contributed by atoms with Crippen molar-refractivity contribution < 1.29 is 14.7 Å². The van der Waals surface area contributed by atoms with Gasteiger partial charge in [-0.3, -0.25) is 4.79 Å². The molecule has 1 atom stereocenters. The maximum atomic E-state index is 11.5. The fourth-order valence-corrected chi connectivity index (χ4v) is 2.53. The largest absolute Gasteiger partial charge is 0.480 e. The number of carboxylic acid groups (broad SMARTS) is 1. The second-order valence-corrected chi connectivity index (χ2v) is 5.19. The van der Waals surface area contributed by atoms with Gasteiger partial charge in [0, 0.05) is 24.1 Å². The lowest BCUT2D eigenvalue weighted by atomic mass is 10.1. The van der Waals surface area contributed by atoms with Gasteiger partial charge in [-0.2, -0.15) is 0 Å². The van der Waals surface area contributed by atoms with Crippen LogP contribution in [0.1, 0.15) is 10.4 Å².